The number of nitrogens with zero attached hydrogens (tertiary/aromatic N) is 2. The number of anilines is 3. The van der Waals surface area contributed by atoms with Gasteiger partial charge in [-0.15, -0.1) is 0 Å². The maximum absolute atomic E-state index is 13.3. The third-order valence-corrected chi connectivity index (χ3v) is 4.05. The minimum Gasteiger partial charge on any atom is -0.351 e. The van der Waals surface area contributed by atoms with E-state index in [0.717, 1.165) is 38.2 Å². The van der Waals surface area contributed by atoms with Gasteiger partial charge in [-0.3, -0.25) is 0 Å². The van der Waals surface area contributed by atoms with Gasteiger partial charge in [-0.25, -0.2) is 9.37 Å². The molecule has 0 amide bonds. The third kappa shape index (κ3) is 4.80. The molecule has 0 bridgehead atoms. The summed E-state index contributed by atoms with van der Waals surface area (Å²) in [6.07, 6.45) is 0.368. The fourth-order valence-corrected chi connectivity index (χ4v) is 2.86. The molecule has 0 aliphatic heterocycles. The van der Waals surface area contributed by atoms with Crippen LogP contribution in [-0.4, -0.2) is 16.0 Å². The van der Waals surface area contributed by atoms with E-state index in [4.69, 9.17) is 0 Å². The van der Waals surface area contributed by atoms with Crippen molar-refractivity contribution in [2.75, 3.05) is 10.6 Å². The Morgan fingerprint density at radius 2 is 1.76 bits per heavy atom. The number of halogens is 4. The van der Waals surface area contributed by atoms with Crippen molar-refractivity contribution in [3.05, 3.63) is 41.8 Å². The molecule has 1 heterocycles. The minimum absolute atomic E-state index is 0.0359. The Kier molecular flexibility index (Phi) is 5.06. The van der Waals surface area contributed by atoms with Gasteiger partial charge in [-0.1, -0.05) is 25.3 Å². The zero-order chi connectivity index (χ0) is 17.9. The first-order valence-corrected chi connectivity index (χ1v) is 8.15. The van der Waals surface area contributed by atoms with Crippen molar-refractivity contribution in [3.8, 4) is 0 Å². The van der Waals surface area contributed by atoms with Gasteiger partial charge < -0.3 is 10.6 Å². The monoisotopic (exact) mass is 354 g/mol. The van der Waals surface area contributed by atoms with E-state index in [1.165, 1.54) is 18.2 Å². The first-order chi connectivity index (χ1) is 11.9. The largest absolute Gasteiger partial charge is 0.433 e. The highest BCUT2D eigenvalue weighted by Crippen LogP contribution is 2.31. The Bertz CT molecular complexity index is 727. The van der Waals surface area contributed by atoms with E-state index in [-0.39, 0.29) is 17.8 Å². The van der Waals surface area contributed by atoms with Gasteiger partial charge in [0.05, 0.1) is 0 Å². The number of nitrogens with one attached hydrogen (secondary N) is 2. The summed E-state index contributed by atoms with van der Waals surface area (Å²) < 4.78 is 52.6. The molecule has 0 atom stereocenters. The fraction of sp³-hybridized carbons (Fsp3) is 0.412. The number of aromatic nitrogens is 2. The van der Waals surface area contributed by atoms with E-state index in [1.54, 1.807) is 6.07 Å². The number of hydrogen-bond donors (Lipinski definition) is 2. The summed E-state index contributed by atoms with van der Waals surface area (Å²) in [7, 11) is 0. The zero-order valence-corrected chi connectivity index (χ0v) is 13.4. The summed E-state index contributed by atoms with van der Waals surface area (Å²) in [5.41, 5.74) is -0.727. The zero-order valence-electron chi connectivity index (χ0n) is 13.4. The van der Waals surface area contributed by atoms with Crippen LogP contribution in [0.3, 0.4) is 0 Å². The molecular formula is C17H18F4N4. The van der Waals surface area contributed by atoms with Gasteiger partial charge in [0.25, 0.3) is 0 Å². The molecule has 1 aliphatic rings. The van der Waals surface area contributed by atoms with Crippen molar-refractivity contribution >= 4 is 17.5 Å². The van der Waals surface area contributed by atoms with Crippen molar-refractivity contribution < 1.29 is 17.6 Å². The molecule has 4 nitrogen and oxygen atoms in total. The van der Waals surface area contributed by atoms with Crippen LogP contribution >= 0.6 is 0 Å². The fourth-order valence-electron chi connectivity index (χ4n) is 2.86. The Morgan fingerprint density at radius 3 is 2.44 bits per heavy atom. The molecule has 8 heteroatoms. The molecule has 2 N–H and O–H groups in total. The maximum atomic E-state index is 13.3. The van der Waals surface area contributed by atoms with Crippen LogP contribution in [-0.2, 0) is 6.18 Å². The summed E-state index contributed by atoms with van der Waals surface area (Å²) in [4.78, 5) is 7.71. The SMILES string of the molecule is Fc1cccc(Nc2cc(C(F)(F)F)nc(NC3CCCCC3)n2)c1. The van der Waals surface area contributed by atoms with Gasteiger partial charge in [0.2, 0.25) is 5.95 Å². The first-order valence-electron chi connectivity index (χ1n) is 8.15. The molecule has 3 rings (SSSR count). The number of hydrogen-bond acceptors (Lipinski definition) is 4. The van der Waals surface area contributed by atoms with Crippen molar-refractivity contribution in [2.24, 2.45) is 0 Å². The second-order valence-corrected chi connectivity index (χ2v) is 6.07. The topological polar surface area (TPSA) is 49.8 Å². The van der Waals surface area contributed by atoms with Crippen molar-refractivity contribution in [3.63, 3.8) is 0 Å². The van der Waals surface area contributed by atoms with Crippen molar-refractivity contribution in [2.45, 2.75) is 44.3 Å². The molecule has 1 saturated carbocycles. The van der Waals surface area contributed by atoms with Crippen LogP contribution in [0.5, 0.6) is 0 Å². The lowest BCUT2D eigenvalue weighted by molar-refractivity contribution is -0.141. The van der Waals surface area contributed by atoms with Crippen molar-refractivity contribution in [1.82, 2.24) is 9.97 Å². The number of benzene rings is 1. The van der Waals surface area contributed by atoms with Gasteiger partial charge in [0.15, 0.2) is 5.69 Å². The van der Waals surface area contributed by atoms with E-state index in [1.807, 2.05) is 0 Å². The van der Waals surface area contributed by atoms with Crippen LogP contribution in [0.2, 0.25) is 0 Å². The Hall–Kier alpha value is -2.38. The van der Waals surface area contributed by atoms with Crippen LogP contribution < -0.4 is 10.6 Å². The molecule has 1 fully saturated rings. The molecular weight excluding hydrogens is 336 g/mol. The van der Waals surface area contributed by atoms with E-state index in [2.05, 4.69) is 20.6 Å². The van der Waals surface area contributed by atoms with Crippen LogP contribution in [0.15, 0.2) is 30.3 Å². The van der Waals surface area contributed by atoms with E-state index in [0.29, 0.717) is 5.69 Å². The second kappa shape index (κ2) is 7.25. The number of alkyl halides is 3. The summed E-state index contributed by atoms with van der Waals surface area (Å²) in [6, 6.07) is 6.33. The average Bonchev–Trinajstić information content (AvgIpc) is 2.55. The molecule has 25 heavy (non-hydrogen) atoms. The quantitative estimate of drug-likeness (QED) is 0.748. The summed E-state index contributed by atoms with van der Waals surface area (Å²) in [5, 5.41) is 5.70. The van der Waals surface area contributed by atoms with Crippen molar-refractivity contribution in [1.29, 1.82) is 0 Å². The standard InChI is InChI=1S/C17H18F4N4/c18-11-5-4-8-13(9-11)22-15-10-14(17(19,20)21)24-16(25-15)23-12-6-2-1-3-7-12/h4-5,8-10,12H,1-3,6-7H2,(H2,22,23,24,25). The van der Waals surface area contributed by atoms with E-state index >= 15 is 0 Å². The highest BCUT2D eigenvalue weighted by molar-refractivity contribution is 5.57. The lowest BCUT2D eigenvalue weighted by Gasteiger charge is -2.23. The minimum atomic E-state index is -4.59. The number of rotatable bonds is 4. The van der Waals surface area contributed by atoms with Gasteiger partial charge in [-0.2, -0.15) is 18.2 Å². The van der Waals surface area contributed by atoms with E-state index in [9.17, 15) is 17.6 Å². The van der Waals surface area contributed by atoms with Crippen LogP contribution in [0.4, 0.5) is 35.0 Å². The second-order valence-electron chi connectivity index (χ2n) is 6.07. The van der Waals surface area contributed by atoms with Crippen LogP contribution in [0.1, 0.15) is 37.8 Å². The first kappa shape index (κ1) is 17.4. The molecule has 0 saturated heterocycles. The average molecular weight is 354 g/mol. The van der Waals surface area contributed by atoms with E-state index < -0.39 is 17.7 Å². The van der Waals surface area contributed by atoms with Crippen LogP contribution in [0, 0.1) is 5.82 Å². The Morgan fingerprint density at radius 1 is 1.00 bits per heavy atom. The summed E-state index contributed by atoms with van der Waals surface area (Å²) in [6.45, 7) is 0. The lowest BCUT2D eigenvalue weighted by atomic mass is 9.96. The normalized spacial score (nSPS) is 15.8. The van der Waals surface area contributed by atoms with Gasteiger partial charge in [0.1, 0.15) is 11.6 Å². The van der Waals surface area contributed by atoms with Crippen LogP contribution in [0.25, 0.3) is 0 Å². The van der Waals surface area contributed by atoms with Gasteiger partial charge >= 0.3 is 6.18 Å². The Labute approximate surface area is 142 Å². The Balaban J connectivity index is 1.86. The highest BCUT2D eigenvalue weighted by atomic mass is 19.4. The molecule has 1 aromatic heterocycles. The maximum Gasteiger partial charge on any atom is 0.433 e. The molecule has 0 spiro atoms. The lowest BCUT2D eigenvalue weighted by Crippen LogP contribution is -2.24. The van der Waals surface area contributed by atoms with Gasteiger partial charge in [-0.05, 0) is 31.0 Å². The summed E-state index contributed by atoms with van der Waals surface area (Å²) >= 11 is 0. The third-order valence-electron chi connectivity index (χ3n) is 4.05. The molecule has 1 aliphatic carbocycles. The smallest absolute Gasteiger partial charge is 0.351 e. The summed E-state index contributed by atoms with van der Waals surface area (Å²) in [5.74, 6) is -0.595. The molecule has 1 aromatic carbocycles. The molecule has 134 valence electrons. The highest BCUT2D eigenvalue weighted by Gasteiger charge is 2.34. The molecule has 2 aromatic rings. The predicted molar refractivity (Wildman–Crippen MR) is 87.2 cm³/mol. The predicted octanol–water partition coefficient (Wildman–Crippen LogP) is 5.12. The molecule has 0 unspecified atom stereocenters. The van der Waals surface area contributed by atoms with Gasteiger partial charge in [0, 0.05) is 17.8 Å². The molecule has 0 radical (unpaired) electrons.